The second-order valence-electron chi connectivity index (χ2n) is 4.72. The van der Waals surface area contributed by atoms with Crippen LogP contribution in [0.2, 0.25) is 0 Å². The van der Waals surface area contributed by atoms with Crippen LogP contribution in [0.25, 0.3) is 11.1 Å². The van der Waals surface area contributed by atoms with Crippen LogP contribution < -0.4 is 5.32 Å². The van der Waals surface area contributed by atoms with Crippen LogP contribution >= 0.6 is 0 Å². The van der Waals surface area contributed by atoms with Crippen LogP contribution in [0.4, 0.5) is 5.69 Å². The molecular formula is C14H18N2O. The van der Waals surface area contributed by atoms with Gasteiger partial charge < -0.3 is 9.73 Å². The van der Waals surface area contributed by atoms with Gasteiger partial charge in [-0.1, -0.05) is 6.92 Å². The van der Waals surface area contributed by atoms with Crippen LogP contribution in [-0.4, -0.2) is 11.5 Å². The second-order valence-corrected chi connectivity index (χ2v) is 4.72. The minimum Gasteiger partial charge on any atom is -0.441 e. The highest BCUT2D eigenvalue weighted by Gasteiger charge is 2.12. The van der Waals surface area contributed by atoms with Gasteiger partial charge in [-0.25, -0.2) is 4.98 Å². The first-order valence-corrected chi connectivity index (χ1v) is 6.53. The Labute approximate surface area is 101 Å². The third-order valence-electron chi connectivity index (χ3n) is 3.31. The molecule has 0 aliphatic carbocycles. The number of rotatable bonds is 2. The van der Waals surface area contributed by atoms with E-state index < -0.39 is 0 Å². The predicted octanol–water partition coefficient (Wildman–Crippen LogP) is 3.53. The van der Waals surface area contributed by atoms with E-state index in [1.54, 1.807) is 0 Å². The quantitative estimate of drug-likeness (QED) is 0.857. The maximum atomic E-state index is 5.76. The van der Waals surface area contributed by atoms with Crippen LogP contribution in [0, 0.1) is 0 Å². The summed E-state index contributed by atoms with van der Waals surface area (Å²) in [6, 6.07) is 4.30. The van der Waals surface area contributed by atoms with Gasteiger partial charge in [0.15, 0.2) is 11.5 Å². The van der Waals surface area contributed by atoms with Crippen molar-refractivity contribution in [3.63, 3.8) is 0 Å². The fraction of sp³-hybridized carbons (Fsp3) is 0.500. The van der Waals surface area contributed by atoms with Crippen molar-refractivity contribution in [3.8, 4) is 0 Å². The van der Waals surface area contributed by atoms with Gasteiger partial charge in [-0.2, -0.15) is 0 Å². The Hall–Kier alpha value is -1.51. The number of benzene rings is 1. The maximum absolute atomic E-state index is 5.76. The van der Waals surface area contributed by atoms with Crippen LogP contribution in [-0.2, 0) is 12.8 Å². The molecule has 0 saturated heterocycles. The highest BCUT2D eigenvalue weighted by Crippen LogP contribution is 2.28. The van der Waals surface area contributed by atoms with Crippen molar-refractivity contribution in [2.24, 2.45) is 0 Å². The molecule has 0 amide bonds. The summed E-state index contributed by atoms with van der Waals surface area (Å²) in [4.78, 5) is 4.55. The first kappa shape index (κ1) is 10.6. The Morgan fingerprint density at radius 1 is 1.35 bits per heavy atom. The summed E-state index contributed by atoms with van der Waals surface area (Å²) >= 11 is 0. The Balaban J connectivity index is 2.05. The molecule has 0 fully saturated rings. The van der Waals surface area contributed by atoms with Gasteiger partial charge in [-0.15, -0.1) is 0 Å². The van der Waals surface area contributed by atoms with Gasteiger partial charge in [0.05, 0.1) is 0 Å². The maximum Gasteiger partial charge on any atom is 0.195 e. The lowest BCUT2D eigenvalue weighted by atomic mass is 10.1. The molecule has 0 bridgehead atoms. The lowest BCUT2D eigenvalue weighted by molar-refractivity contribution is 0.525. The van der Waals surface area contributed by atoms with Crippen molar-refractivity contribution in [1.29, 1.82) is 0 Å². The van der Waals surface area contributed by atoms with E-state index in [1.807, 2.05) is 0 Å². The SMILES string of the molecule is CCCc1nc2cc3c(cc2o1)NCCCC3. The molecule has 1 aromatic heterocycles. The summed E-state index contributed by atoms with van der Waals surface area (Å²) in [5.74, 6) is 0.864. The Bertz CT molecular complexity index is 487. The second kappa shape index (κ2) is 4.40. The molecule has 2 aromatic rings. The molecule has 0 spiro atoms. The van der Waals surface area contributed by atoms with E-state index in [9.17, 15) is 0 Å². The zero-order valence-electron chi connectivity index (χ0n) is 10.3. The monoisotopic (exact) mass is 230 g/mol. The number of fused-ring (bicyclic) bond motifs is 2. The molecule has 0 saturated carbocycles. The molecule has 1 aliphatic heterocycles. The molecule has 3 heteroatoms. The van der Waals surface area contributed by atoms with Gasteiger partial charge in [0.2, 0.25) is 0 Å². The predicted molar refractivity (Wildman–Crippen MR) is 69.4 cm³/mol. The molecule has 0 unspecified atom stereocenters. The van der Waals surface area contributed by atoms with Gasteiger partial charge in [0.1, 0.15) is 5.52 Å². The first-order chi connectivity index (χ1) is 8.36. The highest BCUT2D eigenvalue weighted by molar-refractivity contribution is 5.79. The molecular weight excluding hydrogens is 212 g/mol. The van der Waals surface area contributed by atoms with Crippen LogP contribution in [0.3, 0.4) is 0 Å². The van der Waals surface area contributed by atoms with Gasteiger partial charge in [-0.05, 0) is 37.3 Å². The van der Waals surface area contributed by atoms with Crippen molar-refractivity contribution in [3.05, 3.63) is 23.6 Å². The van der Waals surface area contributed by atoms with Crippen molar-refractivity contribution in [2.45, 2.75) is 39.0 Å². The number of oxazole rings is 1. The Morgan fingerprint density at radius 3 is 3.18 bits per heavy atom. The van der Waals surface area contributed by atoms with E-state index in [-0.39, 0.29) is 0 Å². The number of hydrogen-bond acceptors (Lipinski definition) is 3. The minimum atomic E-state index is 0.864. The zero-order valence-corrected chi connectivity index (χ0v) is 10.3. The van der Waals surface area contributed by atoms with Gasteiger partial charge >= 0.3 is 0 Å². The molecule has 1 aliphatic rings. The highest BCUT2D eigenvalue weighted by atomic mass is 16.3. The van der Waals surface area contributed by atoms with Gasteiger partial charge in [0, 0.05) is 24.7 Å². The molecule has 0 radical (unpaired) electrons. The Kier molecular flexibility index (Phi) is 2.75. The molecule has 17 heavy (non-hydrogen) atoms. The van der Waals surface area contributed by atoms with Crippen LogP contribution in [0.1, 0.15) is 37.6 Å². The number of hydrogen-bond donors (Lipinski definition) is 1. The van der Waals surface area contributed by atoms with Crippen molar-refractivity contribution in [1.82, 2.24) is 4.98 Å². The topological polar surface area (TPSA) is 38.1 Å². The molecule has 2 heterocycles. The van der Waals surface area contributed by atoms with Gasteiger partial charge in [-0.3, -0.25) is 0 Å². The molecule has 0 atom stereocenters. The summed E-state index contributed by atoms with van der Waals surface area (Å²) in [5, 5.41) is 3.47. The summed E-state index contributed by atoms with van der Waals surface area (Å²) in [5.41, 5.74) is 4.54. The average Bonchev–Trinajstić information content (AvgIpc) is 2.55. The van der Waals surface area contributed by atoms with E-state index in [0.29, 0.717) is 0 Å². The minimum absolute atomic E-state index is 0.864. The molecule has 90 valence electrons. The van der Waals surface area contributed by atoms with Crippen LogP contribution in [0.5, 0.6) is 0 Å². The summed E-state index contributed by atoms with van der Waals surface area (Å²) < 4.78 is 5.76. The number of anilines is 1. The molecule has 1 N–H and O–H groups in total. The summed E-state index contributed by atoms with van der Waals surface area (Å²) in [7, 11) is 0. The Morgan fingerprint density at radius 2 is 2.29 bits per heavy atom. The largest absolute Gasteiger partial charge is 0.441 e. The third-order valence-corrected chi connectivity index (χ3v) is 3.31. The normalized spacial score (nSPS) is 15.4. The van der Waals surface area contributed by atoms with E-state index >= 15 is 0 Å². The lowest BCUT2D eigenvalue weighted by Crippen LogP contribution is -1.99. The molecule has 3 rings (SSSR count). The zero-order chi connectivity index (χ0) is 11.7. The smallest absolute Gasteiger partial charge is 0.195 e. The summed E-state index contributed by atoms with van der Waals surface area (Å²) in [6.45, 7) is 3.21. The third kappa shape index (κ3) is 2.02. The number of aromatic nitrogens is 1. The number of nitrogens with zero attached hydrogens (tertiary/aromatic N) is 1. The summed E-state index contributed by atoms with van der Waals surface area (Å²) in [6.07, 6.45) is 5.64. The lowest BCUT2D eigenvalue weighted by Gasteiger charge is -2.05. The standard InChI is InChI=1S/C14H18N2O/c1-2-5-14-16-12-8-10-6-3-4-7-15-11(10)9-13(12)17-14/h8-9,15H,2-7H2,1H3. The fourth-order valence-corrected chi connectivity index (χ4v) is 2.42. The number of nitrogens with one attached hydrogen (secondary N) is 1. The number of aryl methyl sites for hydroxylation is 2. The van der Waals surface area contributed by atoms with Crippen molar-refractivity contribution < 1.29 is 4.42 Å². The molecule has 3 nitrogen and oxygen atoms in total. The van der Waals surface area contributed by atoms with E-state index in [2.05, 4.69) is 29.4 Å². The fourth-order valence-electron chi connectivity index (χ4n) is 2.42. The van der Waals surface area contributed by atoms with Crippen molar-refractivity contribution in [2.75, 3.05) is 11.9 Å². The van der Waals surface area contributed by atoms with E-state index in [4.69, 9.17) is 4.42 Å². The first-order valence-electron chi connectivity index (χ1n) is 6.53. The van der Waals surface area contributed by atoms with Crippen molar-refractivity contribution >= 4 is 16.8 Å². The van der Waals surface area contributed by atoms with E-state index in [0.717, 1.165) is 42.8 Å². The van der Waals surface area contributed by atoms with Gasteiger partial charge in [0.25, 0.3) is 0 Å². The average molecular weight is 230 g/mol. The molecule has 1 aromatic carbocycles. The van der Waals surface area contributed by atoms with Crippen LogP contribution in [0.15, 0.2) is 16.5 Å². The van der Waals surface area contributed by atoms with E-state index in [1.165, 1.54) is 24.1 Å².